The van der Waals surface area contributed by atoms with Crippen LogP contribution in [0.15, 0.2) is 103 Å². The van der Waals surface area contributed by atoms with Crippen LogP contribution < -0.4 is 5.32 Å². The second kappa shape index (κ2) is 33.3. The zero-order valence-corrected chi connectivity index (χ0v) is 52.6. The Morgan fingerprint density at radius 1 is 0.374 bits per heavy atom. The topological polar surface area (TPSA) is 478 Å². The van der Waals surface area contributed by atoms with Crippen LogP contribution in [0.1, 0.15) is 167 Å². The van der Waals surface area contributed by atoms with Gasteiger partial charge >= 0.3 is 24.4 Å². The van der Waals surface area contributed by atoms with Crippen molar-refractivity contribution in [2.75, 3.05) is 0 Å². The molecule has 8 aliphatic heterocycles. The number of imide groups is 10. The lowest BCUT2D eigenvalue weighted by atomic mass is 10.1. The highest BCUT2D eigenvalue weighted by molar-refractivity contribution is 6.28. The van der Waals surface area contributed by atoms with E-state index < -0.39 is 119 Å². The predicted octanol–water partition coefficient (Wildman–Crippen LogP) is 3.36. The summed E-state index contributed by atoms with van der Waals surface area (Å²) in [4.78, 5) is 256. The van der Waals surface area contributed by atoms with Gasteiger partial charge in [0.2, 0.25) is 5.91 Å². The number of hydrogen-bond donors (Lipinski definition) is 2. The van der Waals surface area contributed by atoms with E-state index in [1.807, 2.05) is 6.07 Å². The van der Waals surface area contributed by atoms with Crippen molar-refractivity contribution in [1.82, 2.24) is 40.6 Å². The highest BCUT2D eigenvalue weighted by Crippen LogP contribution is 2.25. The van der Waals surface area contributed by atoms with Gasteiger partial charge in [0.25, 0.3) is 94.5 Å². The van der Waals surface area contributed by atoms with Gasteiger partial charge in [-0.15, -0.1) is 5.06 Å². The lowest BCUT2D eigenvalue weighted by Gasteiger charge is -2.20. The van der Waals surface area contributed by atoms with Crippen LogP contribution in [0.25, 0.3) is 0 Å². The molecule has 518 valence electrons. The molecule has 5 fully saturated rings. The first-order chi connectivity index (χ1) is 46.7. The standard InChI is InChI=1S/C13H13NO5.C12H11NO5.C10H7NO3.C9H8N2O7.C8H5NO2.C6H7NO4.C4H5NO3/c1-13(2,3)18-12(17)19-14-10(15)8-6-4-5-7-9(8)11(14)16;14-10-6-7-11(15)13(10)18-12(16)17-8-9-4-2-1-3-5-9;1-6(12)11-9(13)7-4-2-3-5-8(7)10(11)14;12-5-1-2-6(13)10(5)17-9(16)18-11-7(14)3-4-8(11)15;10-7-5-3-1-2-4-6(5)8(11)9-7;1-4(8)11-7-5(9)2-3-6(7)10;6-3-1-2-4(7)5(3)8/h4-7H,1-3H3;1-5H,6-8H2;2-5H,1H3;1-4H2;1-4H,(H,9,10,11);2-3H2,1H3;8H,1-2H2. The van der Waals surface area contributed by atoms with E-state index in [2.05, 4.69) is 29.5 Å². The maximum Gasteiger partial charge on any atom is 0.560 e. The van der Waals surface area contributed by atoms with Gasteiger partial charge in [0, 0.05) is 78.1 Å². The second-order valence-corrected chi connectivity index (χ2v) is 21.4. The van der Waals surface area contributed by atoms with E-state index in [1.165, 1.54) is 19.1 Å². The highest BCUT2D eigenvalue weighted by atomic mass is 16.9. The number of nitrogens with one attached hydrogen (secondary N) is 1. The zero-order chi connectivity index (χ0) is 73.2. The molecule has 0 radical (unpaired) electrons. The van der Waals surface area contributed by atoms with E-state index in [0.29, 0.717) is 42.3 Å². The van der Waals surface area contributed by atoms with Crippen LogP contribution in [0.3, 0.4) is 0 Å². The summed E-state index contributed by atoms with van der Waals surface area (Å²) in [6, 6.07) is 28.4. The van der Waals surface area contributed by atoms with Crippen molar-refractivity contribution in [1.29, 1.82) is 0 Å². The molecule has 4 aromatic rings. The molecular weight excluding hydrogens is 1320 g/mol. The van der Waals surface area contributed by atoms with Gasteiger partial charge in [-0.1, -0.05) is 87.0 Å². The van der Waals surface area contributed by atoms with Crippen molar-refractivity contribution < 1.29 is 140 Å². The third-order valence-corrected chi connectivity index (χ3v) is 13.0. The van der Waals surface area contributed by atoms with Crippen LogP contribution in [0.4, 0.5) is 14.4 Å². The molecule has 0 spiro atoms. The van der Waals surface area contributed by atoms with Crippen LogP contribution in [0.2, 0.25) is 0 Å². The first-order valence-electron chi connectivity index (χ1n) is 29.0. The molecule has 4 aromatic carbocycles. The first kappa shape index (κ1) is 74.9. The van der Waals surface area contributed by atoms with Gasteiger partial charge < -0.3 is 14.3 Å². The van der Waals surface area contributed by atoms with E-state index in [9.17, 15) is 101 Å². The lowest BCUT2D eigenvalue weighted by Crippen LogP contribution is -2.37. The second-order valence-electron chi connectivity index (χ2n) is 21.4. The summed E-state index contributed by atoms with van der Waals surface area (Å²) >= 11 is 0. The Morgan fingerprint density at radius 2 is 0.667 bits per heavy atom. The number of hydrogen-bond acceptors (Lipinski definition) is 29. The molecule has 0 aromatic heterocycles. The maximum absolute atomic E-state index is 11.9. The molecule has 17 amide bonds. The van der Waals surface area contributed by atoms with Gasteiger partial charge in [-0.2, -0.15) is 9.86 Å². The van der Waals surface area contributed by atoms with E-state index in [0.717, 1.165) is 12.5 Å². The van der Waals surface area contributed by atoms with Gasteiger partial charge in [0.1, 0.15) is 12.2 Å². The van der Waals surface area contributed by atoms with E-state index in [1.54, 1.807) is 106 Å². The molecule has 8 aliphatic rings. The average Bonchev–Trinajstić information content (AvgIpc) is 1.64. The van der Waals surface area contributed by atoms with Gasteiger partial charge in [-0.3, -0.25) is 111 Å². The molecule has 0 saturated carbocycles. The Bertz CT molecular complexity index is 3820. The van der Waals surface area contributed by atoms with Crippen LogP contribution in [-0.2, 0) is 97.8 Å². The zero-order valence-electron chi connectivity index (χ0n) is 52.6. The monoisotopic (exact) mass is 1380 g/mol. The van der Waals surface area contributed by atoms with E-state index in [4.69, 9.17) is 14.7 Å². The summed E-state index contributed by atoms with van der Waals surface area (Å²) < 4.78 is 9.67. The molecule has 37 heteroatoms. The minimum Gasteiger partial charge on any atom is -0.428 e. The first-order valence-corrected chi connectivity index (χ1v) is 29.0. The fourth-order valence-electron chi connectivity index (χ4n) is 8.49. The molecule has 0 unspecified atom stereocenters. The quantitative estimate of drug-likeness (QED) is 0.152. The van der Waals surface area contributed by atoms with Crippen molar-refractivity contribution >= 4 is 125 Å². The van der Waals surface area contributed by atoms with Crippen LogP contribution in [0.5, 0.6) is 0 Å². The predicted molar refractivity (Wildman–Crippen MR) is 314 cm³/mol. The molecule has 0 bridgehead atoms. The Labute approximate surface area is 556 Å². The number of fused-ring (bicyclic) bond motifs is 3. The van der Waals surface area contributed by atoms with Gasteiger partial charge in [0.05, 0.1) is 33.4 Å². The largest absolute Gasteiger partial charge is 0.560 e. The summed E-state index contributed by atoms with van der Waals surface area (Å²) in [5, 5.41) is 12.7. The van der Waals surface area contributed by atoms with Crippen molar-refractivity contribution in [2.24, 2.45) is 0 Å². The maximum atomic E-state index is 11.9. The number of carbonyl (C=O) groups excluding carboxylic acids is 21. The number of hydroxylamine groups is 12. The minimum absolute atomic E-state index is 0.0237. The van der Waals surface area contributed by atoms with Crippen LogP contribution >= 0.6 is 0 Å². The van der Waals surface area contributed by atoms with Crippen molar-refractivity contribution in [3.05, 3.63) is 142 Å². The third-order valence-electron chi connectivity index (χ3n) is 13.0. The molecule has 99 heavy (non-hydrogen) atoms. The molecule has 0 aliphatic carbocycles. The van der Waals surface area contributed by atoms with Gasteiger partial charge in [0.15, 0.2) is 0 Å². The molecular formula is C62H56N8O29. The van der Waals surface area contributed by atoms with Gasteiger partial charge in [-0.05, 0) is 62.7 Å². The third kappa shape index (κ3) is 20.0. The molecule has 0 atom stereocenters. The molecule has 5 saturated heterocycles. The summed E-state index contributed by atoms with van der Waals surface area (Å²) in [7, 11) is 0. The minimum atomic E-state index is -1.48. The number of nitrogens with zero attached hydrogens (tertiary/aromatic N) is 7. The Balaban J connectivity index is 0.000000185. The smallest absolute Gasteiger partial charge is 0.428 e. The summed E-state index contributed by atoms with van der Waals surface area (Å²) in [6.07, 6.45) is -3.21. The molecule has 37 nitrogen and oxygen atoms in total. The average molecular weight is 1380 g/mol. The lowest BCUT2D eigenvalue weighted by molar-refractivity contribution is -0.198. The van der Waals surface area contributed by atoms with Crippen molar-refractivity contribution in [3.8, 4) is 0 Å². The molecule has 2 N–H and O–H groups in total. The Hall–Kier alpha value is -13.1. The van der Waals surface area contributed by atoms with Crippen LogP contribution in [0, 0.1) is 0 Å². The summed E-state index contributed by atoms with van der Waals surface area (Å²) in [5.41, 5.74) is 1.96. The molecule has 8 heterocycles. The van der Waals surface area contributed by atoms with E-state index >= 15 is 0 Å². The van der Waals surface area contributed by atoms with E-state index in [-0.39, 0.29) is 109 Å². The van der Waals surface area contributed by atoms with Gasteiger partial charge in [-0.25, -0.2) is 19.3 Å². The number of amides is 17. The Morgan fingerprint density at radius 3 is 0.980 bits per heavy atom. The Kier molecular flexibility index (Phi) is 25.2. The molecule has 12 rings (SSSR count). The summed E-state index contributed by atoms with van der Waals surface area (Å²) in [6.45, 7) is 7.31. The summed E-state index contributed by atoms with van der Waals surface area (Å²) in [5.74, 6) is -9.93. The number of rotatable bonds is 7. The SMILES string of the molecule is CC(=O)N1C(=O)c2ccccc2C1=O.CC(=O)ON1C(=O)CCC1=O.CC(C)(C)OC(=O)ON1C(=O)c2ccccc2C1=O.O=C(OCc1ccccc1)ON1C(=O)CCC1=O.O=C(ON1C(=O)CCC1=O)ON1C(=O)CCC1=O.O=C1CCC(=O)N1O.O=C1NC(=O)c2ccccc21. The number of ether oxygens (including phenoxy) is 2. The van der Waals surface area contributed by atoms with Crippen LogP contribution in [-0.4, -0.2) is 171 Å². The number of carbonyl (C=O) groups is 21. The van der Waals surface area contributed by atoms with Crippen molar-refractivity contribution in [3.63, 3.8) is 0 Å². The number of benzene rings is 4. The fraction of sp³-hybridized carbons (Fsp3) is 0.274. The van der Waals surface area contributed by atoms with Crippen molar-refractivity contribution in [2.45, 2.75) is 111 Å². The normalized spacial score (nSPS) is 16.3. The fourth-order valence-corrected chi connectivity index (χ4v) is 8.49. The highest BCUT2D eigenvalue weighted by Gasteiger charge is 2.42.